The SMILES string of the molecule is O=C(Nc1ccc(OC(=O)C2(c3cccc(F)c3)CCC2)cc1)c1cccs1. The van der Waals surface area contributed by atoms with Crippen LogP contribution in [0.4, 0.5) is 10.1 Å². The van der Waals surface area contributed by atoms with Crippen molar-refractivity contribution in [1.82, 2.24) is 0 Å². The van der Waals surface area contributed by atoms with Crippen LogP contribution in [0.3, 0.4) is 0 Å². The Balaban J connectivity index is 1.45. The van der Waals surface area contributed by atoms with Crippen molar-refractivity contribution >= 4 is 28.9 Å². The molecule has 2 aromatic carbocycles. The highest BCUT2D eigenvalue weighted by Crippen LogP contribution is 2.45. The minimum atomic E-state index is -0.784. The van der Waals surface area contributed by atoms with E-state index in [0.29, 0.717) is 34.7 Å². The lowest BCUT2D eigenvalue weighted by atomic mass is 9.64. The molecule has 0 atom stereocenters. The zero-order chi connectivity index (χ0) is 19.6. The molecule has 3 aromatic rings. The maximum atomic E-state index is 13.6. The summed E-state index contributed by atoms with van der Waals surface area (Å²) in [4.78, 5) is 25.5. The summed E-state index contributed by atoms with van der Waals surface area (Å²) in [5.74, 6) is -0.525. The maximum Gasteiger partial charge on any atom is 0.321 e. The van der Waals surface area contributed by atoms with E-state index >= 15 is 0 Å². The molecule has 0 saturated heterocycles. The van der Waals surface area contributed by atoms with Crippen molar-refractivity contribution in [3.05, 3.63) is 82.3 Å². The van der Waals surface area contributed by atoms with Crippen molar-refractivity contribution in [3.8, 4) is 5.75 Å². The molecule has 1 aliphatic rings. The van der Waals surface area contributed by atoms with Gasteiger partial charge in [0.2, 0.25) is 0 Å². The monoisotopic (exact) mass is 395 g/mol. The number of esters is 1. The second-order valence-electron chi connectivity index (χ2n) is 6.79. The summed E-state index contributed by atoms with van der Waals surface area (Å²) < 4.78 is 19.2. The number of benzene rings is 2. The van der Waals surface area contributed by atoms with Crippen molar-refractivity contribution in [1.29, 1.82) is 0 Å². The number of carbonyl (C=O) groups is 2. The van der Waals surface area contributed by atoms with E-state index in [9.17, 15) is 14.0 Å². The van der Waals surface area contributed by atoms with Crippen LogP contribution >= 0.6 is 11.3 Å². The third kappa shape index (κ3) is 3.55. The van der Waals surface area contributed by atoms with Crippen LogP contribution in [-0.4, -0.2) is 11.9 Å². The topological polar surface area (TPSA) is 55.4 Å². The molecular formula is C22H18FNO3S. The molecule has 1 aliphatic carbocycles. The number of carbonyl (C=O) groups excluding carboxylic acids is 2. The van der Waals surface area contributed by atoms with Crippen LogP contribution in [0, 0.1) is 5.82 Å². The smallest absolute Gasteiger partial charge is 0.321 e. The number of thiophene rings is 1. The van der Waals surface area contributed by atoms with Gasteiger partial charge in [-0.25, -0.2) is 4.39 Å². The third-order valence-corrected chi connectivity index (χ3v) is 5.91. The summed E-state index contributed by atoms with van der Waals surface area (Å²) in [5, 5.41) is 4.64. The van der Waals surface area contributed by atoms with Crippen LogP contribution in [-0.2, 0) is 10.2 Å². The quantitative estimate of drug-likeness (QED) is 0.479. The molecule has 4 rings (SSSR count). The first-order chi connectivity index (χ1) is 13.6. The predicted molar refractivity (Wildman–Crippen MR) is 106 cm³/mol. The van der Waals surface area contributed by atoms with Crippen LogP contribution < -0.4 is 10.1 Å². The Morgan fingerprint density at radius 1 is 1.04 bits per heavy atom. The van der Waals surface area contributed by atoms with E-state index in [1.54, 1.807) is 42.5 Å². The summed E-state index contributed by atoms with van der Waals surface area (Å²) in [5.41, 5.74) is 0.485. The number of hydrogen-bond donors (Lipinski definition) is 1. The lowest BCUT2D eigenvalue weighted by Gasteiger charge is -2.39. The van der Waals surface area contributed by atoms with Gasteiger partial charge in [0.15, 0.2) is 0 Å². The Hall–Kier alpha value is -2.99. The van der Waals surface area contributed by atoms with Gasteiger partial charge < -0.3 is 10.1 Å². The number of nitrogens with one attached hydrogen (secondary N) is 1. The fourth-order valence-electron chi connectivity index (χ4n) is 3.34. The first-order valence-corrected chi connectivity index (χ1v) is 9.88. The number of ether oxygens (including phenoxy) is 1. The molecule has 142 valence electrons. The van der Waals surface area contributed by atoms with E-state index in [1.165, 1.54) is 23.5 Å². The van der Waals surface area contributed by atoms with Gasteiger partial charge in [-0.2, -0.15) is 0 Å². The van der Waals surface area contributed by atoms with Gasteiger partial charge in [-0.15, -0.1) is 11.3 Å². The first-order valence-electron chi connectivity index (χ1n) is 9.00. The van der Waals surface area contributed by atoms with Gasteiger partial charge in [0, 0.05) is 5.69 Å². The molecule has 6 heteroatoms. The second-order valence-corrected chi connectivity index (χ2v) is 7.74. The highest BCUT2D eigenvalue weighted by atomic mass is 32.1. The summed E-state index contributed by atoms with van der Waals surface area (Å²) in [7, 11) is 0. The standard InChI is InChI=1S/C22H18FNO3S/c23-16-5-1-4-15(14-16)22(11-3-12-22)21(26)27-18-9-7-17(8-10-18)24-20(25)19-6-2-13-28-19/h1-2,4-10,13-14H,3,11-12H2,(H,24,25). The second kappa shape index (κ2) is 7.56. The molecule has 0 bridgehead atoms. The average molecular weight is 395 g/mol. The minimum absolute atomic E-state index is 0.181. The third-order valence-electron chi connectivity index (χ3n) is 5.04. The summed E-state index contributed by atoms with van der Waals surface area (Å²) in [6, 6.07) is 16.4. The molecule has 28 heavy (non-hydrogen) atoms. The first kappa shape index (κ1) is 18.4. The molecule has 0 spiro atoms. The molecule has 1 N–H and O–H groups in total. The molecule has 0 unspecified atom stereocenters. The van der Waals surface area contributed by atoms with Gasteiger partial charge in [-0.05, 0) is 66.2 Å². The normalized spacial score (nSPS) is 14.8. The van der Waals surface area contributed by atoms with Crippen LogP contribution in [0.5, 0.6) is 5.75 Å². The molecule has 1 aromatic heterocycles. The van der Waals surface area contributed by atoms with Crippen LogP contribution in [0.15, 0.2) is 66.0 Å². The molecule has 4 nitrogen and oxygen atoms in total. The molecule has 0 radical (unpaired) electrons. The molecule has 1 heterocycles. The van der Waals surface area contributed by atoms with Crippen molar-refractivity contribution in [2.24, 2.45) is 0 Å². The number of amides is 1. The van der Waals surface area contributed by atoms with Gasteiger partial charge in [0.1, 0.15) is 11.6 Å². The highest BCUT2D eigenvalue weighted by molar-refractivity contribution is 7.12. The van der Waals surface area contributed by atoms with Gasteiger partial charge in [0.25, 0.3) is 5.91 Å². The van der Waals surface area contributed by atoms with E-state index in [0.717, 1.165) is 6.42 Å². The summed E-state index contributed by atoms with van der Waals surface area (Å²) >= 11 is 1.36. The molecular weight excluding hydrogens is 377 g/mol. The summed E-state index contributed by atoms with van der Waals surface area (Å²) in [6.45, 7) is 0. The lowest BCUT2D eigenvalue weighted by molar-refractivity contribution is -0.144. The highest BCUT2D eigenvalue weighted by Gasteiger charge is 2.47. The minimum Gasteiger partial charge on any atom is -0.426 e. The van der Waals surface area contributed by atoms with E-state index < -0.39 is 5.41 Å². The van der Waals surface area contributed by atoms with Gasteiger partial charge in [-0.1, -0.05) is 24.6 Å². The Morgan fingerprint density at radius 2 is 1.82 bits per heavy atom. The van der Waals surface area contributed by atoms with Crippen molar-refractivity contribution in [3.63, 3.8) is 0 Å². The van der Waals surface area contributed by atoms with E-state index in [4.69, 9.17) is 4.74 Å². The van der Waals surface area contributed by atoms with Crippen LogP contribution in [0.25, 0.3) is 0 Å². The van der Waals surface area contributed by atoms with Crippen molar-refractivity contribution < 1.29 is 18.7 Å². The van der Waals surface area contributed by atoms with E-state index in [1.807, 2.05) is 11.4 Å². The lowest BCUT2D eigenvalue weighted by Crippen LogP contribution is -2.45. The zero-order valence-electron chi connectivity index (χ0n) is 15.0. The maximum absolute atomic E-state index is 13.6. The van der Waals surface area contributed by atoms with Gasteiger partial charge in [-0.3, -0.25) is 9.59 Å². The van der Waals surface area contributed by atoms with Crippen LogP contribution in [0.2, 0.25) is 0 Å². The number of hydrogen-bond acceptors (Lipinski definition) is 4. The average Bonchev–Trinajstić information content (AvgIpc) is 3.17. The fourth-order valence-corrected chi connectivity index (χ4v) is 3.96. The largest absolute Gasteiger partial charge is 0.426 e. The zero-order valence-corrected chi connectivity index (χ0v) is 15.8. The van der Waals surface area contributed by atoms with E-state index in [-0.39, 0.29) is 17.7 Å². The Morgan fingerprint density at radius 3 is 2.43 bits per heavy atom. The van der Waals surface area contributed by atoms with Gasteiger partial charge in [0.05, 0.1) is 10.3 Å². The van der Waals surface area contributed by atoms with Gasteiger partial charge >= 0.3 is 5.97 Å². The Bertz CT molecular complexity index is 995. The number of halogens is 1. The Labute approximate surface area is 166 Å². The Kier molecular flexibility index (Phi) is 4.96. The van der Waals surface area contributed by atoms with E-state index in [2.05, 4.69) is 5.32 Å². The molecule has 1 amide bonds. The van der Waals surface area contributed by atoms with Crippen molar-refractivity contribution in [2.45, 2.75) is 24.7 Å². The molecule has 1 fully saturated rings. The van der Waals surface area contributed by atoms with Crippen molar-refractivity contribution in [2.75, 3.05) is 5.32 Å². The fraction of sp³-hybridized carbons (Fsp3) is 0.182. The summed E-state index contributed by atoms with van der Waals surface area (Å²) in [6.07, 6.45) is 2.19. The number of rotatable bonds is 5. The molecule has 0 aliphatic heterocycles. The predicted octanol–water partition coefficient (Wildman–Crippen LogP) is 5.17. The van der Waals surface area contributed by atoms with Crippen LogP contribution in [0.1, 0.15) is 34.5 Å². The molecule has 1 saturated carbocycles. The number of anilines is 1.